The van der Waals surface area contributed by atoms with E-state index < -0.39 is 88.1 Å². The molecule has 23 heteroatoms. The molecule has 0 aromatic carbocycles. The molecule has 4 rings (SSSR count). The van der Waals surface area contributed by atoms with Crippen LogP contribution in [-0.2, 0) is 39.2 Å². The third kappa shape index (κ3) is 6.55. The van der Waals surface area contributed by atoms with Crippen molar-refractivity contribution < 1.29 is 72.9 Å². The Balaban J connectivity index is 1.48. The van der Waals surface area contributed by atoms with Crippen molar-refractivity contribution in [3.05, 3.63) is 25.3 Å². The van der Waals surface area contributed by atoms with Crippen molar-refractivity contribution in [1.29, 1.82) is 0 Å². The molecule has 2 fully saturated rings. The van der Waals surface area contributed by atoms with E-state index >= 15 is 0 Å². The molecule has 2 aliphatic heterocycles. The van der Waals surface area contributed by atoms with Gasteiger partial charge in [0.1, 0.15) is 54.1 Å². The van der Waals surface area contributed by atoms with Crippen LogP contribution >= 0.6 is 14.5 Å². The zero-order valence-electron chi connectivity index (χ0n) is 22.1. The van der Waals surface area contributed by atoms with Gasteiger partial charge < -0.3 is 65.3 Å². The van der Waals surface area contributed by atoms with E-state index in [-0.39, 0.29) is 17.0 Å². The van der Waals surface area contributed by atoms with E-state index in [1.807, 2.05) is 0 Å². The van der Waals surface area contributed by atoms with Crippen molar-refractivity contribution in [2.75, 3.05) is 18.9 Å². The summed E-state index contributed by atoms with van der Waals surface area (Å²) in [5, 5.41) is 71.3. The van der Waals surface area contributed by atoms with Crippen molar-refractivity contribution in [2.24, 2.45) is 0 Å². The van der Waals surface area contributed by atoms with Gasteiger partial charge in [-0.05, 0) is 18.7 Å². The van der Waals surface area contributed by atoms with Crippen LogP contribution in [0, 0.1) is 0 Å². The number of aliphatic hydroxyl groups is 7. The minimum absolute atomic E-state index is 0.0289. The van der Waals surface area contributed by atoms with Gasteiger partial charge in [-0.2, -0.15) is 0 Å². The molecular formula is C20H31N5O15P2S. The topological polar surface area (TPSA) is 315 Å². The second-order valence-electron chi connectivity index (χ2n) is 9.95. The third-order valence-corrected chi connectivity index (χ3v) is 10.4. The normalized spacial score (nSPS) is 38.4. The average molecular weight is 676 g/mol. The van der Waals surface area contributed by atoms with Crippen LogP contribution in [0.15, 0.2) is 25.3 Å². The molecular weight excluding hydrogens is 644 g/mol. The van der Waals surface area contributed by atoms with Crippen molar-refractivity contribution in [1.82, 2.24) is 19.5 Å². The summed E-state index contributed by atoms with van der Waals surface area (Å²) in [6.45, 7) is -1.77. The lowest BCUT2D eigenvalue weighted by Crippen LogP contribution is -2.61. The van der Waals surface area contributed by atoms with E-state index in [1.54, 1.807) is 0 Å². The maximum atomic E-state index is 12.6. The van der Waals surface area contributed by atoms with Gasteiger partial charge in [-0.15, -0.1) is 0 Å². The Kier molecular flexibility index (Phi) is 9.81. The summed E-state index contributed by atoms with van der Waals surface area (Å²) in [6.07, 6.45) is -11.8. The standard InChI is InChI=1S/C20H31N5O15P2S/c1-3-20(32)17(31)19(2,38-18(20)25-7-24-9-14(21)22-6-23-15(9)25)5-36-42(35,43)40-41(33,34)39-16-12(30)10(28)11(29)13(37-16)8(27)4-26/h3,6-8,10-13,16-18,26-32H,1,4-5H2,2H3,(H,33,34)(H,35,43)(H2,21,22,23)/t8-,10?,11?,12?,13?,16?,17+,18+,19+,20+,42?/m0/s1. The number of ether oxygens (including phenoxy) is 2. The van der Waals surface area contributed by atoms with Gasteiger partial charge in [0, 0.05) is 0 Å². The number of nitrogen functional groups attached to an aromatic ring is 1. The van der Waals surface area contributed by atoms with Crippen LogP contribution in [0.4, 0.5) is 5.82 Å². The Hall–Kier alpha value is -1.59. The predicted octanol–water partition coefficient (Wildman–Crippen LogP) is -3.50. The summed E-state index contributed by atoms with van der Waals surface area (Å²) in [4.78, 5) is 32.7. The number of hydrogen-bond acceptors (Lipinski definition) is 18. The van der Waals surface area contributed by atoms with E-state index in [2.05, 4.69) is 30.4 Å². The molecule has 2 aliphatic rings. The Morgan fingerprint density at radius 2 is 1.91 bits per heavy atom. The molecule has 0 spiro atoms. The fraction of sp³-hybridized carbons (Fsp3) is 0.650. The first-order valence-electron chi connectivity index (χ1n) is 12.2. The molecule has 0 bridgehead atoms. The van der Waals surface area contributed by atoms with E-state index in [0.29, 0.717) is 0 Å². The highest BCUT2D eigenvalue weighted by molar-refractivity contribution is 8.08. The number of nitrogens with two attached hydrogens (primary N) is 1. The quantitative estimate of drug-likeness (QED) is 0.0816. The second kappa shape index (κ2) is 12.3. The van der Waals surface area contributed by atoms with Crippen LogP contribution in [0.2, 0.25) is 0 Å². The fourth-order valence-corrected chi connectivity index (χ4v) is 7.74. The van der Waals surface area contributed by atoms with Crippen LogP contribution < -0.4 is 5.73 Å². The Bertz CT molecular complexity index is 1440. The average Bonchev–Trinajstić information content (AvgIpc) is 3.46. The lowest BCUT2D eigenvalue weighted by atomic mass is 9.87. The molecule has 4 heterocycles. The highest BCUT2D eigenvalue weighted by Gasteiger charge is 2.61. The second-order valence-corrected chi connectivity index (χ2v) is 14.3. The zero-order chi connectivity index (χ0) is 32.1. The SMILES string of the molecule is C=C[C@]1(O)[C@H](n2cnc3c(N)ncnc32)O[C@](C)(COP(O)(=S)OP(=O)(O)OC2OC([C@@H](O)CO)C(O)C(O)C2O)[C@H]1O. The third-order valence-electron chi connectivity index (χ3n) is 6.89. The van der Waals surface area contributed by atoms with Gasteiger partial charge in [0.2, 0.25) is 0 Å². The maximum absolute atomic E-state index is 12.6. The van der Waals surface area contributed by atoms with Crippen LogP contribution in [0.3, 0.4) is 0 Å². The van der Waals surface area contributed by atoms with E-state index in [4.69, 9.17) is 36.6 Å². The van der Waals surface area contributed by atoms with Gasteiger partial charge >= 0.3 is 14.5 Å². The summed E-state index contributed by atoms with van der Waals surface area (Å²) in [6, 6.07) is 0. The highest BCUT2D eigenvalue weighted by Crippen LogP contribution is 2.62. The van der Waals surface area contributed by atoms with Crippen LogP contribution in [0.25, 0.3) is 11.2 Å². The lowest BCUT2D eigenvalue weighted by molar-refractivity contribution is -0.292. The lowest BCUT2D eigenvalue weighted by Gasteiger charge is -2.41. The number of aliphatic hydroxyl groups excluding tert-OH is 6. The Morgan fingerprint density at radius 1 is 1.23 bits per heavy atom. The smallest absolute Gasteiger partial charge is 0.394 e. The van der Waals surface area contributed by atoms with Gasteiger partial charge in [0.05, 0.1) is 19.5 Å². The van der Waals surface area contributed by atoms with E-state index in [0.717, 1.165) is 12.4 Å². The molecule has 0 aliphatic carbocycles. The first-order chi connectivity index (χ1) is 19.9. The zero-order valence-corrected chi connectivity index (χ0v) is 24.7. The van der Waals surface area contributed by atoms with Gasteiger partial charge in [-0.3, -0.25) is 9.09 Å². The number of rotatable bonds is 11. The Labute approximate surface area is 247 Å². The summed E-state index contributed by atoms with van der Waals surface area (Å²) < 4.78 is 39.2. The summed E-state index contributed by atoms with van der Waals surface area (Å²) >= 11 is 4.79. The largest absolute Gasteiger partial charge is 0.481 e. The highest BCUT2D eigenvalue weighted by atomic mass is 32.5. The first kappa shape index (κ1) is 34.3. The fourth-order valence-electron chi connectivity index (χ4n) is 4.58. The van der Waals surface area contributed by atoms with Crippen LogP contribution in [-0.4, -0.2) is 132 Å². The minimum atomic E-state index is -5.50. The molecule has 0 radical (unpaired) electrons. The number of fused-ring (bicyclic) bond motifs is 1. The first-order valence-corrected chi connectivity index (χ1v) is 16.3. The molecule has 12 atom stereocenters. The molecule has 7 unspecified atom stereocenters. The number of aromatic nitrogens is 4. The number of phosphoric acid groups is 1. The number of anilines is 1. The Morgan fingerprint density at radius 3 is 2.53 bits per heavy atom. The van der Waals surface area contributed by atoms with Crippen LogP contribution in [0.1, 0.15) is 13.2 Å². The van der Waals surface area contributed by atoms with Gasteiger partial charge in [0.25, 0.3) is 0 Å². The molecule has 0 saturated carbocycles. The maximum Gasteiger partial charge on any atom is 0.481 e. The van der Waals surface area contributed by atoms with Gasteiger partial charge in [-0.25, -0.2) is 23.8 Å². The van der Waals surface area contributed by atoms with Crippen molar-refractivity contribution in [3.63, 3.8) is 0 Å². The molecule has 20 nitrogen and oxygen atoms in total. The molecule has 11 N–H and O–H groups in total. The molecule has 2 aromatic heterocycles. The predicted molar refractivity (Wildman–Crippen MR) is 144 cm³/mol. The summed E-state index contributed by atoms with van der Waals surface area (Å²) in [5.41, 5.74) is 2.00. The summed E-state index contributed by atoms with van der Waals surface area (Å²) in [7, 11) is -5.50. The minimum Gasteiger partial charge on any atom is -0.394 e. The number of phosphoric ester groups is 1. The van der Waals surface area contributed by atoms with Crippen molar-refractivity contribution >= 4 is 43.3 Å². The number of hydrogen-bond donors (Lipinski definition) is 10. The number of nitrogens with zero attached hydrogens (tertiary/aromatic N) is 4. The molecule has 43 heavy (non-hydrogen) atoms. The van der Waals surface area contributed by atoms with Crippen molar-refractivity contribution in [2.45, 2.75) is 67.3 Å². The van der Waals surface area contributed by atoms with E-state index in [9.17, 15) is 45.0 Å². The molecule has 242 valence electrons. The molecule has 2 aromatic rings. The molecule has 0 amide bonds. The number of imidazole rings is 1. The molecule has 2 saturated heterocycles. The van der Waals surface area contributed by atoms with Gasteiger partial charge in [-0.1, -0.05) is 12.7 Å². The van der Waals surface area contributed by atoms with Gasteiger partial charge in [0.15, 0.2) is 29.6 Å². The van der Waals surface area contributed by atoms with Crippen molar-refractivity contribution in [3.8, 4) is 0 Å². The van der Waals surface area contributed by atoms with Crippen LogP contribution in [0.5, 0.6) is 0 Å². The monoisotopic (exact) mass is 675 g/mol. The van der Waals surface area contributed by atoms with E-state index in [1.165, 1.54) is 17.8 Å². The summed E-state index contributed by atoms with van der Waals surface area (Å²) in [5.74, 6) is 0.0289.